The van der Waals surface area contributed by atoms with Crippen molar-refractivity contribution in [1.29, 1.82) is 0 Å². The van der Waals surface area contributed by atoms with Crippen LogP contribution in [0.1, 0.15) is 52.5 Å². The molecule has 4 rings (SSSR count). The van der Waals surface area contributed by atoms with Gasteiger partial charge in [0.05, 0.1) is 12.7 Å². The molecule has 41 heavy (non-hydrogen) atoms. The SMILES string of the molecule is CC(CCN(CCCCO[Si](c1ccccc1)(c1ccccc1)C(C)(C)C)c1ccccc1)OCc1ccccc1. The van der Waals surface area contributed by atoms with Crippen LogP contribution in [0.25, 0.3) is 0 Å². The van der Waals surface area contributed by atoms with E-state index in [0.29, 0.717) is 6.61 Å². The zero-order chi connectivity index (χ0) is 29.0. The van der Waals surface area contributed by atoms with E-state index in [1.54, 1.807) is 0 Å². The van der Waals surface area contributed by atoms with E-state index in [1.807, 2.05) is 6.07 Å². The summed E-state index contributed by atoms with van der Waals surface area (Å²) < 4.78 is 13.3. The summed E-state index contributed by atoms with van der Waals surface area (Å²) in [4.78, 5) is 2.51. The summed E-state index contributed by atoms with van der Waals surface area (Å²) in [6, 6.07) is 43.1. The van der Waals surface area contributed by atoms with Crippen molar-refractivity contribution < 1.29 is 9.16 Å². The van der Waals surface area contributed by atoms with Crippen LogP contribution in [0.15, 0.2) is 121 Å². The van der Waals surface area contributed by atoms with Crippen LogP contribution < -0.4 is 15.3 Å². The molecule has 0 saturated heterocycles. The first-order valence-corrected chi connectivity index (χ1v) is 17.0. The Bertz CT molecular complexity index is 1220. The Morgan fingerprint density at radius 3 is 1.71 bits per heavy atom. The average molecular weight is 566 g/mol. The Kier molecular flexibility index (Phi) is 11.4. The Labute approximate surface area is 249 Å². The van der Waals surface area contributed by atoms with Gasteiger partial charge in [-0.1, -0.05) is 130 Å². The first-order valence-electron chi connectivity index (χ1n) is 15.1. The summed E-state index contributed by atoms with van der Waals surface area (Å²) in [6.07, 6.45) is 3.28. The van der Waals surface area contributed by atoms with E-state index in [-0.39, 0.29) is 11.1 Å². The second-order valence-corrected chi connectivity index (χ2v) is 16.2. The second-order valence-electron chi connectivity index (χ2n) is 11.9. The van der Waals surface area contributed by atoms with Crippen LogP contribution in [-0.4, -0.2) is 34.1 Å². The van der Waals surface area contributed by atoms with E-state index >= 15 is 0 Å². The summed E-state index contributed by atoms with van der Waals surface area (Å²) in [6.45, 7) is 12.6. The van der Waals surface area contributed by atoms with Crippen molar-refractivity contribution in [3.05, 3.63) is 127 Å². The van der Waals surface area contributed by atoms with Crippen LogP contribution in [0.3, 0.4) is 0 Å². The van der Waals surface area contributed by atoms with Crippen molar-refractivity contribution >= 4 is 24.4 Å². The van der Waals surface area contributed by atoms with E-state index in [4.69, 9.17) is 9.16 Å². The third kappa shape index (κ3) is 8.42. The Balaban J connectivity index is 1.37. The van der Waals surface area contributed by atoms with Crippen LogP contribution in [0.2, 0.25) is 5.04 Å². The summed E-state index contributed by atoms with van der Waals surface area (Å²) in [5, 5.41) is 2.69. The van der Waals surface area contributed by atoms with Gasteiger partial charge in [-0.05, 0) is 59.3 Å². The Morgan fingerprint density at radius 1 is 0.659 bits per heavy atom. The van der Waals surface area contributed by atoms with Crippen LogP contribution >= 0.6 is 0 Å². The van der Waals surface area contributed by atoms with E-state index in [9.17, 15) is 0 Å². The highest BCUT2D eigenvalue weighted by Crippen LogP contribution is 2.36. The maximum atomic E-state index is 7.13. The van der Waals surface area contributed by atoms with Crippen molar-refractivity contribution in [2.75, 3.05) is 24.6 Å². The van der Waals surface area contributed by atoms with Crippen LogP contribution in [0.4, 0.5) is 5.69 Å². The number of unbranched alkanes of at least 4 members (excludes halogenated alkanes) is 1. The Hall–Kier alpha value is -3.18. The van der Waals surface area contributed by atoms with Gasteiger partial charge in [0.1, 0.15) is 0 Å². The first-order chi connectivity index (χ1) is 19.9. The lowest BCUT2D eigenvalue weighted by Crippen LogP contribution is -2.66. The van der Waals surface area contributed by atoms with Crippen molar-refractivity contribution in [2.24, 2.45) is 0 Å². The van der Waals surface area contributed by atoms with Crippen LogP contribution in [0, 0.1) is 0 Å². The quantitative estimate of drug-likeness (QED) is 0.108. The van der Waals surface area contributed by atoms with Gasteiger partial charge in [0.2, 0.25) is 0 Å². The largest absolute Gasteiger partial charge is 0.407 e. The predicted molar refractivity (Wildman–Crippen MR) is 177 cm³/mol. The molecule has 1 atom stereocenters. The lowest BCUT2D eigenvalue weighted by Gasteiger charge is -2.43. The van der Waals surface area contributed by atoms with Gasteiger partial charge < -0.3 is 14.1 Å². The molecular formula is C37H47NO2Si. The number of anilines is 1. The number of rotatable bonds is 15. The molecule has 0 aliphatic rings. The number of ether oxygens (including phenoxy) is 1. The van der Waals surface area contributed by atoms with Gasteiger partial charge in [-0.15, -0.1) is 0 Å². The van der Waals surface area contributed by atoms with E-state index in [1.165, 1.54) is 21.6 Å². The zero-order valence-electron chi connectivity index (χ0n) is 25.3. The molecule has 0 heterocycles. The minimum atomic E-state index is -2.49. The summed E-state index contributed by atoms with van der Waals surface area (Å²) >= 11 is 0. The fraction of sp³-hybridized carbons (Fsp3) is 0.351. The highest BCUT2D eigenvalue weighted by molar-refractivity contribution is 6.99. The average Bonchev–Trinajstić information content (AvgIpc) is 3.00. The van der Waals surface area contributed by atoms with Crippen molar-refractivity contribution in [2.45, 2.75) is 64.7 Å². The number of hydrogen-bond donors (Lipinski definition) is 0. The molecule has 0 bridgehead atoms. The molecule has 0 saturated carbocycles. The molecule has 0 spiro atoms. The van der Waals surface area contributed by atoms with Gasteiger partial charge in [0.25, 0.3) is 8.32 Å². The third-order valence-electron chi connectivity index (χ3n) is 7.86. The predicted octanol–water partition coefficient (Wildman–Crippen LogP) is 7.85. The highest BCUT2D eigenvalue weighted by Gasteiger charge is 2.49. The van der Waals surface area contributed by atoms with Gasteiger partial charge in [0, 0.05) is 25.4 Å². The maximum Gasteiger partial charge on any atom is 0.261 e. The normalized spacial score (nSPS) is 12.7. The van der Waals surface area contributed by atoms with Crippen molar-refractivity contribution in [3.8, 4) is 0 Å². The monoisotopic (exact) mass is 565 g/mol. The van der Waals surface area contributed by atoms with Crippen LogP contribution in [-0.2, 0) is 15.8 Å². The van der Waals surface area contributed by atoms with Crippen molar-refractivity contribution in [1.82, 2.24) is 0 Å². The van der Waals surface area contributed by atoms with Gasteiger partial charge in [0.15, 0.2) is 0 Å². The molecule has 1 unspecified atom stereocenters. The van der Waals surface area contributed by atoms with Gasteiger partial charge in [-0.2, -0.15) is 0 Å². The molecular weight excluding hydrogens is 518 g/mol. The van der Waals surface area contributed by atoms with Gasteiger partial charge in [-0.3, -0.25) is 0 Å². The molecule has 0 aliphatic heterocycles. The number of hydrogen-bond acceptors (Lipinski definition) is 3. The first kappa shape index (κ1) is 30.8. The minimum absolute atomic E-state index is 0.00166. The molecule has 3 nitrogen and oxygen atoms in total. The maximum absolute atomic E-state index is 7.13. The summed E-state index contributed by atoms with van der Waals surface area (Å²) in [5.74, 6) is 0. The molecule has 4 aromatic carbocycles. The molecule has 0 aliphatic carbocycles. The Morgan fingerprint density at radius 2 is 1.17 bits per heavy atom. The fourth-order valence-corrected chi connectivity index (χ4v) is 10.2. The molecule has 0 N–H and O–H groups in total. The minimum Gasteiger partial charge on any atom is -0.407 e. The van der Waals surface area contributed by atoms with Crippen LogP contribution in [0.5, 0.6) is 0 Å². The molecule has 216 valence electrons. The third-order valence-corrected chi connectivity index (χ3v) is 12.9. The smallest absolute Gasteiger partial charge is 0.261 e. The summed E-state index contributed by atoms with van der Waals surface area (Å²) in [5.41, 5.74) is 2.50. The van der Waals surface area contributed by atoms with E-state index < -0.39 is 8.32 Å². The summed E-state index contributed by atoms with van der Waals surface area (Å²) in [7, 11) is -2.49. The molecule has 0 radical (unpaired) electrons. The highest BCUT2D eigenvalue weighted by atomic mass is 28.4. The topological polar surface area (TPSA) is 21.7 Å². The lowest BCUT2D eigenvalue weighted by molar-refractivity contribution is 0.0489. The lowest BCUT2D eigenvalue weighted by atomic mass is 10.2. The molecule has 0 fully saturated rings. The number of benzene rings is 4. The second kappa shape index (κ2) is 15.2. The molecule has 4 aromatic rings. The fourth-order valence-electron chi connectivity index (χ4n) is 5.63. The zero-order valence-corrected chi connectivity index (χ0v) is 26.3. The van der Waals surface area contributed by atoms with Gasteiger partial charge in [-0.25, -0.2) is 0 Å². The molecule has 0 aromatic heterocycles. The number of nitrogens with zero attached hydrogens (tertiary/aromatic N) is 1. The number of para-hydroxylation sites is 1. The standard InChI is InChI=1S/C37H47NO2Si/c1-32(39-31-33-19-9-5-10-20-33)27-29-38(34-21-11-6-12-22-34)28-17-18-30-40-41(37(2,3)4,35-23-13-7-14-24-35)36-25-15-8-16-26-36/h5-16,19-26,32H,17-18,27-31H2,1-4H3. The van der Waals surface area contributed by atoms with Crippen molar-refractivity contribution in [3.63, 3.8) is 0 Å². The molecule has 4 heteroatoms. The molecule has 0 amide bonds. The van der Waals surface area contributed by atoms with Gasteiger partial charge >= 0.3 is 0 Å². The van der Waals surface area contributed by atoms with E-state index in [2.05, 4.69) is 148 Å². The van der Waals surface area contributed by atoms with E-state index in [0.717, 1.165) is 39.0 Å².